The van der Waals surface area contributed by atoms with Crippen LogP contribution in [0.2, 0.25) is 0 Å². The highest BCUT2D eigenvalue weighted by Gasteiger charge is 2.55. The largest absolute Gasteiger partial charge is 0.299 e. The van der Waals surface area contributed by atoms with Crippen molar-refractivity contribution in [3.05, 3.63) is 36.5 Å². The SMILES string of the molecule is C=C/C(C)=C/C[C@H]1C(=C)CC[C@H]2C(C)(C)C(=O)CC[C@]12C. The fraction of sp³-hybridized carbons (Fsp3) is 0.650. The lowest BCUT2D eigenvalue weighted by atomic mass is 9.47. The van der Waals surface area contributed by atoms with Gasteiger partial charge in [0, 0.05) is 11.8 Å². The number of hydrogen-bond donors (Lipinski definition) is 0. The molecular formula is C20H30O. The van der Waals surface area contributed by atoms with E-state index in [0.29, 0.717) is 17.6 Å². The van der Waals surface area contributed by atoms with Crippen molar-refractivity contribution < 1.29 is 4.79 Å². The molecule has 2 aliphatic rings. The van der Waals surface area contributed by atoms with Crippen molar-refractivity contribution in [3.8, 4) is 0 Å². The Bertz CT molecular complexity index is 494. The second kappa shape index (κ2) is 5.59. The van der Waals surface area contributed by atoms with Gasteiger partial charge in [0.25, 0.3) is 0 Å². The van der Waals surface area contributed by atoms with Gasteiger partial charge in [0.05, 0.1) is 0 Å². The Kier molecular flexibility index (Phi) is 4.33. The lowest BCUT2D eigenvalue weighted by Crippen LogP contribution is -2.53. The Hall–Kier alpha value is -1.11. The van der Waals surface area contributed by atoms with Gasteiger partial charge in [0.15, 0.2) is 0 Å². The Morgan fingerprint density at radius 3 is 2.62 bits per heavy atom. The van der Waals surface area contributed by atoms with Crippen LogP contribution in [0.15, 0.2) is 36.5 Å². The summed E-state index contributed by atoms with van der Waals surface area (Å²) in [6, 6.07) is 0. The predicted molar refractivity (Wildman–Crippen MR) is 90.1 cm³/mol. The number of carbonyl (C=O) groups is 1. The Balaban J connectivity index is 2.34. The molecule has 3 atom stereocenters. The van der Waals surface area contributed by atoms with Gasteiger partial charge in [-0.3, -0.25) is 4.79 Å². The minimum Gasteiger partial charge on any atom is -0.299 e. The summed E-state index contributed by atoms with van der Waals surface area (Å²) in [4.78, 5) is 12.4. The maximum Gasteiger partial charge on any atom is 0.138 e. The van der Waals surface area contributed by atoms with E-state index in [0.717, 1.165) is 32.1 Å². The van der Waals surface area contributed by atoms with E-state index in [1.807, 2.05) is 6.08 Å². The van der Waals surface area contributed by atoms with Crippen molar-refractivity contribution in [1.82, 2.24) is 0 Å². The second-order valence-electron chi connectivity index (χ2n) is 7.84. The third-order valence-corrected chi connectivity index (χ3v) is 6.32. The van der Waals surface area contributed by atoms with Crippen LogP contribution >= 0.6 is 0 Å². The Morgan fingerprint density at radius 2 is 2.00 bits per heavy atom. The van der Waals surface area contributed by atoms with E-state index < -0.39 is 0 Å². The predicted octanol–water partition coefficient (Wildman–Crippen LogP) is 5.49. The molecule has 0 aromatic carbocycles. The summed E-state index contributed by atoms with van der Waals surface area (Å²) in [5, 5.41) is 0. The van der Waals surface area contributed by atoms with Gasteiger partial charge >= 0.3 is 0 Å². The number of rotatable bonds is 3. The molecular weight excluding hydrogens is 256 g/mol. The molecule has 0 heterocycles. The molecule has 0 saturated heterocycles. The first-order valence-corrected chi connectivity index (χ1v) is 8.23. The molecule has 0 unspecified atom stereocenters. The monoisotopic (exact) mass is 286 g/mol. The molecule has 2 aliphatic carbocycles. The summed E-state index contributed by atoms with van der Waals surface area (Å²) in [5.74, 6) is 1.44. The van der Waals surface area contributed by atoms with E-state index in [1.165, 1.54) is 11.1 Å². The maximum absolute atomic E-state index is 12.4. The van der Waals surface area contributed by atoms with E-state index in [2.05, 4.69) is 46.9 Å². The van der Waals surface area contributed by atoms with E-state index in [-0.39, 0.29) is 10.8 Å². The first-order chi connectivity index (χ1) is 9.73. The van der Waals surface area contributed by atoms with E-state index >= 15 is 0 Å². The van der Waals surface area contributed by atoms with Crippen LogP contribution < -0.4 is 0 Å². The fourth-order valence-electron chi connectivity index (χ4n) is 4.80. The van der Waals surface area contributed by atoms with Gasteiger partial charge in [-0.15, -0.1) is 0 Å². The van der Waals surface area contributed by atoms with E-state index in [1.54, 1.807) is 0 Å². The van der Waals surface area contributed by atoms with E-state index in [9.17, 15) is 4.79 Å². The molecule has 1 heteroatoms. The highest BCUT2D eigenvalue weighted by molar-refractivity contribution is 5.85. The molecule has 0 aliphatic heterocycles. The van der Waals surface area contributed by atoms with Gasteiger partial charge in [-0.2, -0.15) is 0 Å². The first kappa shape index (κ1) is 16.3. The molecule has 21 heavy (non-hydrogen) atoms. The molecule has 0 spiro atoms. The number of ketones is 1. The number of carbonyl (C=O) groups excluding carboxylic acids is 1. The maximum atomic E-state index is 12.4. The van der Waals surface area contributed by atoms with Gasteiger partial charge in [0.2, 0.25) is 0 Å². The summed E-state index contributed by atoms with van der Waals surface area (Å²) in [6.07, 6.45) is 9.18. The smallest absolute Gasteiger partial charge is 0.138 e. The zero-order valence-electron chi connectivity index (χ0n) is 14.2. The van der Waals surface area contributed by atoms with Crippen molar-refractivity contribution in [2.75, 3.05) is 0 Å². The van der Waals surface area contributed by atoms with Crippen molar-refractivity contribution in [2.45, 2.75) is 59.8 Å². The first-order valence-electron chi connectivity index (χ1n) is 8.23. The summed E-state index contributed by atoms with van der Waals surface area (Å²) < 4.78 is 0. The number of hydrogen-bond acceptors (Lipinski definition) is 1. The lowest BCUT2D eigenvalue weighted by molar-refractivity contribution is -0.144. The van der Waals surface area contributed by atoms with Crippen LogP contribution in [0.5, 0.6) is 0 Å². The minimum atomic E-state index is -0.177. The van der Waals surface area contributed by atoms with Crippen LogP contribution in [0.3, 0.4) is 0 Å². The second-order valence-corrected chi connectivity index (χ2v) is 7.84. The van der Waals surface area contributed by atoms with Crippen LogP contribution in [0.1, 0.15) is 59.8 Å². The van der Waals surface area contributed by atoms with Crippen LogP contribution in [-0.4, -0.2) is 5.78 Å². The quantitative estimate of drug-likeness (QED) is 0.495. The van der Waals surface area contributed by atoms with Gasteiger partial charge in [-0.05, 0) is 49.9 Å². The summed E-state index contributed by atoms with van der Waals surface area (Å²) >= 11 is 0. The number of allylic oxidation sites excluding steroid dienone is 4. The Labute approximate surface area is 130 Å². The van der Waals surface area contributed by atoms with Crippen LogP contribution in [0.4, 0.5) is 0 Å². The minimum absolute atomic E-state index is 0.177. The fourth-order valence-corrected chi connectivity index (χ4v) is 4.80. The molecule has 116 valence electrons. The molecule has 2 fully saturated rings. The third kappa shape index (κ3) is 2.67. The third-order valence-electron chi connectivity index (χ3n) is 6.32. The molecule has 0 aromatic heterocycles. The average molecular weight is 286 g/mol. The molecule has 0 N–H and O–H groups in total. The van der Waals surface area contributed by atoms with Crippen LogP contribution in [0, 0.1) is 22.7 Å². The normalized spacial score (nSPS) is 36.3. The number of Topliss-reactive ketones (excluding diaryl/α,β-unsaturated/α-hetero) is 1. The molecule has 1 nitrogen and oxygen atoms in total. The van der Waals surface area contributed by atoms with Crippen molar-refractivity contribution in [3.63, 3.8) is 0 Å². The standard InChI is InChI=1S/C20H30O/c1-7-14(2)8-10-16-15(3)9-11-17-19(4,5)18(21)12-13-20(16,17)6/h7-8,16-17H,1,3,9-13H2,2,4-6H3/b14-8+/t16-,17-,20+/m0/s1. The topological polar surface area (TPSA) is 17.1 Å². The van der Waals surface area contributed by atoms with Gasteiger partial charge in [-0.1, -0.05) is 57.2 Å². The van der Waals surface area contributed by atoms with Crippen molar-refractivity contribution in [2.24, 2.45) is 22.7 Å². The molecule has 0 bridgehead atoms. The zero-order chi connectivity index (χ0) is 15.8. The molecule has 0 amide bonds. The van der Waals surface area contributed by atoms with Crippen LogP contribution in [0.25, 0.3) is 0 Å². The Morgan fingerprint density at radius 1 is 1.33 bits per heavy atom. The van der Waals surface area contributed by atoms with Crippen molar-refractivity contribution >= 4 is 5.78 Å². The highest BCUT2D eigenvalue weighted by atomic mass is 16.1. The lowest BCUT2D eigenvalue weighted by Gasteiger charge is -2.57. The van der Waals surface area contributed by atoms with Gasteiger partial charge in [0.1, 0.15) is 5.78 Å². The zero-order valence-corrected chi connectivity index (χ0v) is 14.2. The summed E-state index contributed by atoms with van der Waals surface area (Å²) in [5.41, 5.74) is 2.65. The highest BCUT2D eigenvalue weighted by Crippen LogP contribution is 2.60. The number of fused-ring (bicyclic) bond motifs is 1. The molecule has 2 saturated carbocycles. The van der Waals surface area contributed by atoms with Crippen LogP contribution in [-0.2, 0) is 4.79 Å². The molecule has 2 rings (SSSR count). The van der Waals surface area contributed by atoms with E-state index in [4.69, 9.17) is 0 Å². The summed E-state index contributed by atoms with van der Waals surface area (Å²) in [7, 11) is 0. The van der Waals surface area contributed by atoms with Crippen molar-refractivity contribution in [1.29, 1.82) is 0 Å². The van der Waals surface area contributed by atoms with Gasteiger partial charge in [-0.25, -0.2) is 0 Å². The molecule has 0 aromatic rings. The molecule has 0 radical (unpaired) electrons. The van der Waals surface area contributed by atoms with Gasteiger partial charge < -0.3 is 0 Å². The summed E-state index contributed by atoms with van der Waals surface area (Å²) in [6.45, 7) is 17.0. The average Bonchev–Trinajstić information content (AvgIpc) is 2.42.